The van der Waals surface area contributed by atoms with Crippen LogP contribution in [0.3, 0.4) is 0 Å². The van der Waals surface area contributed by atoms with Gasteiger partial charge in [-0.1, -0.05) is 37.6 Å². The average molecular weight is 228 g/mol. The van der Waals surface area contributed by atoms with Gasteiger partial charge in [0.25, 0.3) is 0 Å². The van der Waals surface area contributed by atoms with Crippen molar-refractivity contribution < 1.29 is 4.79 Å². The average Bonchev–Trinajstić information content (AvgIpc) is 2.71. The molecule has 0 saturated carbocycles. The Morgan fingerprint density at radius 2 is 2.06 bits per heavy atom. The van der Waals surface area contributed by atoms with E-state index in [0.717, 1.165) is 41.5 Å². The fourth-order valence-corrected chi connectivity index (χ4v) is 2.03. The molecule has 3 nitrogen and oxygen atoms in total. The summed E-state index contributed by atoms with van der Waals surface area (Å²) in [6.07, 6.45) is 4.86. The monoisotopic (exact) mass is 228 g/mol. The third-order valence-corrected chi connectivity index (χ3v) is 2.77. The van der Waals surface area contributed by atoms with Crippen molar-refractivity contribution in [3.05, 3.63) is 41.7 Å². The van der Waals surface area contributed by atoms with E-state index in [9.17, 15) is 4.79 Å². The summed E-state index contributed by atoms with van der Waals surface area (Å²) in [5.41, 5.74) is 3.82. The molecule has 0 spiro atoms. The van der Waals surface area contributed by atoms with Crippen LogP contribution in [0.15, 0.2) is 30.5 Å². The zero-order valence-electron chi connectivity index (χ0n) is 10.2. The highest BCUT2D eigenvalue weighted by Gasteiger charge is 2.11. The van der Waals surface area contributed by atoms with Gasteiger partial charge in [-0.2, -0.15) is 5.10 Å². The van der Waals surface area contributed by atoms with Crippen LogP contribution in [0.5, 0.6) is 0 Å². The van der Waals surface area contributed by atoms with Crippen molar-refractivity contribution in [1.29, 1.82) is 0 Å². The van der Waals surface area contributed by atoms with Crippen LogP contribution in [0.2, 0.25) is 0 Å². The number of benzene rings is 1. The largest absolute Gasteiger partial charge is 0.298 e. The van der Waals surface area contributed by atoms with Crippen molar-refractivity contribution in [3.8, 4) is 11.1 Å². The molecule has 3 heteroatoms. The zero-order valence-corrected chi connectivity index (χ0v) is 10.2. The molecule has 17 heavy (non-hydrogen) atoms. The van der Waals surface area contributed by atoms with E-state index in [0.29, 0.717) is 0 Å². The lowest BCUT2D eigenvalue weighted by molar-refractivity contribution is 0.112. The summed E-state index contributed by atoms with van der Waals surface area (Å²) in [4.78, 5) is 11.0. The summed E-state index contributed by atoms with van der Waals surface area (Å²) in [6, 6.07) is 7.64. The predicted molar refractivity (Wildman–Crippen MR) is 68.0 cm³/mol. The zero-order chi connectivity index (χ0) is 12.3. The Kier molecular flexibility index (Phi) is 3.38. The van der Waals surface area contributed by atoms with Crippen LogP contribution in [0.25, 0.3) is 11.1 Å². The van der Waals surface area contributed by atoms with Crippen LogP contribution in [0.4, 0.5) is 0 Å². The summed E-state index contributed by atoms with van der Waals surface area (Å²) in [7, 11) is 1.91. The van der Waals surface area contributed by atoms with Crippen molar-refractivity contribution in [3.63, 3.8) is 0 Å². The molecule has 0 fully saturated rings. The predicted octanol–water partition coefficient (Wildman–Crippen LogP) is 2.85. The minimum absolute atomic E-state index is 0.720. The van der Waals surface area contributed by atoms with Gasteiger partial charge in [0.1, 0.15) is 0 Å². The first-order valence-corrected chi connectivity index (χ1v) is 5.83. The standard InChI is InChI=1S/C14H16N2O/c1-3-6-14-13(9-16(2)15-14)12-8-5-4-7-11(12)10-17/h4-5,7-10H,3,6H2,1-2H3. The number of carbonyl (C=O) groups excluding carboxylic acids is 1. The Labute approximate surface area is 101 Å². The first kappa shape index (κ1) is 11.6. The second-order valence-electron chi connectivity index (χ2n) is 4.12. The molecule has 0 amide bonds. The van der Waals surface area contributed by atoms with Crippen LogP contribution in [-0.2, 0) is 13.5 Å². The van der Waals surface area contributed by atoms with Gasteiger partial charge in [-0.05, 0) is 12.0 Å². The van der Waals surface area contributed by atoms with E-state index in [2.05, 4.69) is 12.0 Å². The highest BCUT2D eigenvalue weighted by Crippen LogP contribution is 2.26. The first-order valence-electron chi connectivity index (χ1n) is 5.83. The molecule has 0 aliphatic rings. The number of aldehydes is 1. The van der Waals surface area contributed by atoms with Gasteiger partial charge in [0.05, 0.1) is 5.69 Å². The fourth-order valence-electron chi connectivity index (χ4n) is 2.03. The maximum absolute atomic E-state index is 11.0. The van der Waals surface area contributed by atoms with E-state index >= 15 is 0 Å². The molecule has 0 N–H and O–H groups in total. The van der Waals surface area contributed by atoms with E-state index in [1.54, 1.807) is 0 Å². The van der Waals surface area contributed by atoms with Crippen LogP contribution >= 0.6 is 0 Å². The van der Waals surface area contributed by atoms with Crippen molar-refractivity contribution in [2.24, 2.45) is 7.05 Å². The fraction of sp³-hybridized carbons (Fsp3) is 0.286. The molecule has 1 heterocycles. The Bertz CT molecular complexity index is 529. The molecule has 2 rings (SSSR count). The summed E-state index contributed by atoms with van der Waals surface area (Å²) in [5.74, 6) is 0. The van der Waals surface area contributed by atoms with Gasteiger partial charge >= 0.3 is 0 Å². The molecule has 88 valence electrons. The highest BCUT2D eigenvalue weighted by atomic mass is 16.1. The molecule has 0 unspecified atom stereocenters. The molecule has 0 saturated heterocycles. The van der Waals surface area contributed by atoms with Crippen molar-refractivity contribution in [2.75, 3.05) is 0 Å². The SMILES string of the molecule is CCCc1nn(C)cc1-c1ccccc1C=O. The molecular weight excluding hydrogens is 212 g/mol. The van der Waals surface area contributed by atoms with Gasteiger partial charge in [0.15, 0.2) is 6.29 Å². The number of rotatable bonds is 4. The van der Waals surface area contributed by atoms with Crippen LogP contribution < -0.4 is 0 Å². The van der Waals surface area contributed by atoms with Crippen LogP contribution in [0, 0.1) is 0 Å². The van der Waals surface area contributed by atoms with Gasteiger partial charge < -0.3 is 0 Å². The third kappa shape index (κ3) is 2.28. The minimum Gasteiger partial charge on any atom is -0.298 e. The van der Waals surface area contributed by atoms with E-state index in [4.69, 9.17) is 0 Å². The maximum atomic E-state index is 11.0. The molecule has 0 atom stereocenters. The molecule has 1 aromatic heterocycles. The van der Waals surface area contributed by atoms with E-state index in [1.807, 2.05) is 42.2 Å². The number of aromatic nitrogens is 2. The van der Waals surface area contributed by atoms with Crippen LogP contribution in [-0.4, -0.2) is 16.1 Å². The molecule has 0 radical (unpaired) electrons. The number of carbonyl (C=O) groups is 1. The number of nitrogens with zero attached hydrogens (tertiary/aromatic N) is 2. The van der Waals surface area contributed by atoms with Gasteiger partial charge in [-0.15, -0.1) is 0 Å². The lowest BCUT2D eigenvalue weighted by Gasteiger charge is -2.03. The highest BCUT2D eigenvalue weighted by molar-refractivity contribution is 5.87. The van der Waals surface area contributed by atoms with Gasteiger partial charge in [-0.25, -0.2) is 0 Å². The van der Waals surface area contributed by atoms with Gasteiger partial charge in [0, 0.05) is 24.4 Å². The molecule has 0 aliphatic heterocycles. The number of aryl methyl sites for hydroxylation is 2. The Hall–Kier alpha value is -1.90. The lowest BCUT2D eigenvalue weighted by atomic mass is 9.99. The molecule has 0 bridgehead atoms. The maximum Gasteiger partial charge on any atom is 0.150 e. The van der Waals surface area contributed by atoms with Gasteiger partial charge in [-0.3, -0.25) is 9.48 Å². The van der Waals surface area contributed by atoms with E-state index in [-0.39, 0.29) is 0 Å². The quantitative estimate of drug-likeness (QED) is 0.754. The normalized spacial score (nSPS) is 10.5. The second kappa shape index (κ2) is 4.95. The van der Waals surface area contributed by atoms with Crippen molar-refractivity contribution in [2.45, 2.75) is 19.8 Å². The number of hydrogen-bond acceptors (Lipinski definition) is 2. The number of hydrogen-bond donors (Lipinski definition) is 0. The van der Waals surface area contributed by atoms with E-state index < -0.39 is 0 Å². The van der Waals surface area contributed by atoms with Crippen LogP contribution in [0.1, 0.15) is 29.4 Å². The molecule has 0 aliphatic carbocycles. The van der Waals surface area contributed by atoms with Gasteiger partial charge in [0.2, 0.25) is 0 Å². The smallest absolute Gasteiger partial charge is 0.150 e. The Morgan fingerprint density at radius 3 is 2.76 bits per heavy atom. The summed E-state index contributed by atoms with van der Waals surface area (Å²) >= 11 is 0. The lowest BCUT2D eigenvalue weighted by Crippen LogP contribution is -1.92. The Morgan fingerprint density at radius 1 is 1.29 bits per heavy atom. The Balaban J connectivity index is 2.55. The molecule has 1 aromatic carbocycles. The molecular formula is C14H16N2O. The third-order valence-electron chi connectivity index (χ3n) is 2.77. The summed E-state index contributed by atoms with van der Waals surface area (Å²) in [5, 5.41) is 4.45. The summed E-state index contributed by atoms with van der Waals surface area (Å²) in [6.45, 7) is 2.13. The van der Waals surface area contributed by atoms with E-state index in [1.165, 1.54) is 0 Å². The van der Waals surface area contributed by atoms with Crippen molar-refractivity contribution >= 4 is 6.29 Å². The second-order valence-corrected chi connectivity index (χ2v) is 4.12. The van der Waals surface area contributed by atoms with Crippen molar-refractivity contribution in [1.82, 2.24) is 9.78 Å². The topological polar surface area (TPSA) is 34.9 Å². The summed E-state index contributed by atoms with van der Waals surface area (Å²) < 4.78 is 1.81. The first-order chi connectivity index (χ1) is 8.26. The molecule has 2 aromatic rings. The minimum atomic E-state index is 0.720.